The van der Waals surface area contributed by atoms with E-state index in [1.807, 2.05) is 0 Å². The Labute approximate surface area is 108 Å². The fraction of sp³-hybridized carbons (Fsp3) is 0.818. The van der Waals surface area contributed by atoms with Gasteiger partial charge in [-0.2, -0.15) is 13.2 Å². The summed E-state index contributed by atoms with van der Waals surface area (Å²) in [6, 6.07) is 0. The fourth-order valence-electron chi connectivity index (χ4n) is 1.93. The monoisotopic (exact) mass is 283 g/mol. The third kappa shape index (κ3) is 5.06. The van der Waals surface area contributed by atoms with Crippen molar-refractivity contribution >= 4 is 11.9 Å². The topological polar surface area (TPSA) is 66.8 Å². The maximum atomic E-state index is 12.0. The first-order valence-electron chi connectivity index (χ1n) is 5.90. The summed E-state index contributed by atoms with van der Waals surface area (Å²) in [5, 5.41) is 8.87. The molecule has 0 spiro atoms. The molecule has 5 nitrogen and oxygen atoms in total. The number of carboxylic acid groups (broad SMARTS) is 1. The van der Waals surface area contributed by atoms with Crippen LogP contribution in [0, 0.1) is 5.92 Å². The van der Waals surface area contributed by atoms with E-state index in [-0.39, 0.29) is 6.54 Å². The lowest BCUT2D eigenvalue weighted by Gasteiger charge is -2.32. The zero-order valence-electron chi connectivity index (χ0n) is 10.4. The lowest BCUT2D eigenvalue weighted by atomic mass is 9.98. The Bertz CT molecular complexity index is 345. The van der Waals surface area contributed by atoms with Gasteiger partial charge in [-0.1, -0.05) is 0 Å². The molecule has 1 saturated heterocycles. The number of ether oxygens (including phenoxy) is 1. The van der Waals surface area contributed by atoms with Crippen molar-refractivity contribution in [2.45, 2.75) is 32.0 Å². The first-order chi connectivity index (χ1) is 8.70. The first-order valence-corrected chi connectivity index (χ1v) is 5.90. The second kappa shape index (κ2) is 6.23. The third-order valence-corrected chi connectivity index (χ3v) is 2.93. The van der Waals surface area contributed by atoms with Gasteiger partial charge in [-0.15, -0.1) is 0 Å². The number of hydrogen-bond acceptors (Lipinski definition) is 3. The highest BCUT2D eigenvalue weighted by Crippen LogP contribution is 2.19. The molecule has 1 fully saturated rings. The van der Waals surface area contributed by atoms with Crippen LogP contribution in [0.1, 0.15) is 19.8 Å². The fourth-order valence-corrected chi connectivity index (χ4v) is 1.93. The summed E-state index contributed by atoms with van der Waals surface area (Å²) in [5.74, 6) is -2.26. The van der Waals surface area contributed by atoms with Crippen molar-refractivity contribution in [3.63, 3.8) is 0 Å². The number of carbonyl (C=O) groups excluding carboxylic acids is 1. The maximum absolute atomic E-state index is 12.0. The average molecular weight is 283 g/mol. The van der Waals surface area contributed by atoms with Crippen LogP contribution in [0.15, 0.2) is 0 Å². The van der Waals surface area contributed by atoms with E-state index in [1.54, 1.807) is 0 Å². The number of nitrogens with zero attached hydrogens (tertiary/aromatic N) is 1. The Kier molecular flexibility index (Phi) is 5.16. The van der Waals surface area contributed by atoms with Gasteiger partial charge in [0.2, 0.25) is 0 Å². The van der Waals surface area contributed by atoms with Crippen molar-refractivity contribution in [1.29, 1.82) is 0 Å². The number of hydrogen-bond donors (Lipinski definition) is 1. The molecule has 1 heterocycles. The molecule has 2 unspecified atom stereocenters. The normalized spacial score (nSPS) is 22.1. The number of amides is 1. The number of aliphatic carboxylic acids is 1. The van der Waals surface area contributed by atoms with Gasteiger partial charge in [-0.25, -0.2) is 0 Å². The quantitative estimate of drug-likeness (QED) is 0.844. The molecule has 2 atom stereocenters. The Morgan fingerprint density at radius 3 is 2.63 bits per heavy atom. The number of alkyl halides is 3. The highest BCUT2D eigenvalue weighted by molar-refractivity contribution is 5.81. The molecular weight excluding hydrogens is 267 g/mol. The maximum Gasteiger partial charge on any atom is 0.411 e. The summed E-state index contributed by atoms with van der Waals surface area (Å²) in [7, 11) is 0. The molecule has 0 aromatic rings. The minimum Gasteiger partial charge on any atom is -0.481 e. The van der Waals surface area contributed by atoms with Gasteiger partial charge in [0.15, 0.2) is 0 Å². The number of carboxylic acids is 1. The van der Waals surface area contributed by atoms with E-state index >= 15 is 0 Å². The van der Waals surface area contributed by atoms with Gasteiger partial charge in [0, 0.05) is 13.1 Å². The summed E-state index contributed by atoms with van der Waals surface area (Å²) < 4.78 is 40.3. The van der Waals surface area contributed by atoms with Crippen LogP contribution in [0.25, 0.3) is 0 Å². The highest BCUT2D eigenvalue weighted by Gasteiger charge is 2.33. The van der Waals surface area contributed by atoms with Crippen molar-refractivity contribution < 1.29 is 32.6 Å². The Morgan fingerprint density at radius 2 is 2.11 bits per heavy atom. The summed E-state index contributed by atoms with van der Waals surface area (Å²) in [6.07, 6.45) is -4.72. The summed E-state index contributed by atoms with van der Waals surface area (Å²) in [6.45, 7) is 0.116. The lowest BCUT2D eigenvalue weighted by molar-refractivity contribution is -0.189. The van der Waals surface area contributed by atoms with Crippen LogP contribution >= 0.6 is 0 Å². The summed E-state index contributed by atoms with van der Waals surface area (Å²) in [5.41, 5.74) is 0. The molecule has 8 heteroatoms. The molecule has 0 aromatic heterocycles. The van der Waals surface area contributed by atoms with E-state index in [0.717, 1.165) is 0 Å². The van der Waals surface area contributed by atoms with E-state index in [4.69, 9.17) is 5.11 Å². The van der Waals surface area contributed by atoms with E-state index in [9.17, 15) is 22.8 Å². The van der Waals surface area contributed by atoms with Gasteiger partial charge in [-0.05, 0) is 19.8 Å². The number of halogens is 3. The van der Waals surface area contributed by atoms with Crippen LogP contribution in [0.5, 0.6) is 0 Å². The minimum atomic E-state index is -4.49. The Morgan fingerprint density at radius 1 is 1.47 bits per heavy atom. The predicted molar refractivity (Wildman–Crippen MR) is 58.4 cm³/mol. The first kappa shape index (κ1) is 15.7. The molecule has 0 radical (unpaired) electrons. The highest BCUT2D eigenvalue weighted by atomic mass is 19.4. The van der Waals surface area contributed by atoms with Crippen molar-refractivity contribution in [2.75, 3.05) is 19.7 Å². The molecule has 0 bridgehead atoms. The number of carbonyl (C=O) groups is 2. The van der Waals surface area contributed by atoms with Crippen LogP contribution in [-0.2, 0) is 14.3 Å². The van der Waals surface area contributed by atoms with Gasteiger partial charge in [0.05, 0.1) is 5.92 Å². The van der Waals surface area contributed by atoms with Gasteiger partial charge < -0.3 is 14.7 Å². The van der Waals surface area contributed by atoms with E-state index in [2.05, 4.69) is 4.74 Å². The van der Waals surface area contributed by atoms with Gasteiger partial charge in [0.1, 0.15) is 12.7 Å². The predicted octanol–water partition coefficient (Wildman–Crippen LogP) is 1.28. The average Bonchev–Trinajstić information content (AvgIpc) is 2.34. The molecular formula is C11H16F3NO4. The summed E-state index contributed by atoms with van der Waals surface area (Å²) in [4.78, 5) is 23.9. The lowest BCUT2D eigenvalue weighted by Crippen LogP contribution is -2.47. The number of rotatable bonds is 4. The molecule has 1 rings (SSSR count). The van der Waals surface area contributed by atoms with E-state index < -0.39 is 36.7 Å². The number of likely N-dealkylation sites (tertiary alicyclic amines) is 1. The molecule has 0 saturated carbocycles. The third-order valence-electron chi connectivity index (χ3n) is 2.93. The second-order valence-electron chi connectivity index (χ2n) is 4.53. The van der Waals surface area contributed by atoms with Crippen molar-refractivity contribution in [2.24, 2.45) is 5.92 Å². The van der Waals surface area contributed by atoms with Crippen LogP contribution < -0.4 is 0 Å². The largest absolute Gasteiger partial charge is 0.481 e. The Balaban J connectivity index is 2.49. The summed E-state index contributed by atoms with van der Waals surface area (Å²) >= 11 is 0. The van der Waals surface area contributed by atoms with E-state index in [1.165, 1.54) is 11.8 Å². The van der Waals surface area contributed by atoms with Gasteiger partial charge in [0.25, 0.3) is 5.91 Å². The van der Waals surface area contributed by atoms with Crippen molar-refractivity contribution in [3.8, 4) is 0 Å². The molecule has 0 aliphatic carbocycles. The standard InChI is InChI=1S/C11H16F3NO4/c1-7(19-6-11(12,13)14)9(16)15-4-2-3-8(5-15)10(17)18/h7-8H,2-6H2,1H3,(H,17,18). The molecule has 110 valence electrons. The molecule has 19 heavy (non-hydrogen) atoms. The van der Waals surface area contributed by atoms with Gasteiger partial charge >= 0.3 is 12.1 Å². The van der Waals surface area contributed by atoms with Crippen molar-refractivity contribution in [1.82, 2.24) is 4.90 Å². The van der Waals surface area contributed by atoms with Crippen LogP contribution in [0.2, 0.25) is 0 Å². The van der Waals surface area contributed by atoms with Crippen molar-refractivity contribution in [3.05, 3.63) is 0 Å². The van der Waals surface area contributed by atoms with Crippen LogP contribution in [-0.4, -0.2) is 53.9 Å². The SMILES string of the molecule is CC(OCC(F)(F)F)C(=O)N1CCCC(C(=O)O)C1. The molecule has 0 aromatic carbocycles. The number of piperidine rings is 1. The molecule has 1 amide bonds. The van der Waals surface area contributed by atoms with E-state index in [0.29, 0.717) is 19.4 Å². The Hall–Kier alpha value is -1.31. The zero-order valence-corrected chi connectivity index (χ0v) is 10.4. The second-order valence-corrected chi connectivity index (χ2v) is 4.53. The smallest absolute Gasteiger partial charge is 0.411 e. The minimum absolute atomic E-state index is 0.0217. The van der Waals surface area contributed by atoms with Crippen LogP contribution in [0.3, 0.4) is 0 Å². The molecule has 1 aliphatic heterocycles. The molecule has 1 aliphatic rings. The van der Waals surface area contributed by atoms with Crippen LogP contribution in [0.4, 0.5) is 13.2 Å². The van der Waals surface area contributed by atoms with Gasteiger partial charge in [-0.3, -0.25) is 9.59 Å². The molecule has 1 N–H and O–H groups in total. The zero-order chi connectivity index (χ0) is 14.6.